The summed E-state index contributed by atoms with van der Waals surface area (Å²) >= 11 is 0. The Bertz CT molecular complexity index is 314. The fourth-order valence-corrected chi connectivity index (χ4v) is 1.18. The van der Waals surface area contributed by atoms with Gasteiger partial charge in [0.15, 0.2) is 0 Å². The molecule has 74 valence electrons. The minimum Gasteiger partial charge on any atom is -0.501 e. The van der Waals surface area contributed by atoms with Crippen molar-refractivity contribution in [3.63, 3.8) is 0 Å². The van der Waals surface area contributed by atoms with E-state index in [9.17, 15) is 4.79 Å². The van der Waals surface area contributed by atoms with Crippen molar-refractivity contribution in [2.45, 2.75) is 12.8 Å². The second-order valence-corrected chi connectivity index (χ2v) is 3.12. The molecule has 0 atom stereocenters. The summed E-state index contributed by atoms with van der Waals surface area (Å²) in [6.45, 7) is 3.61. The molecule has 0 aliphatic heterocycles. The molecule has 0 spiro atoms. The highest BCUT2D eigenvalue weighted by Gasteiger charge is 2.05. The van der Waals surface area contributed by atoms with Gasteiger partial charge in [0.25, 0.3) is 0 Å². The molecule has 0 amide bonds. The number of ketones is 1. The van der Waals surface area contributed by atoms with Crippen molar-refractivity contribution in [1.29, 1.82) is 0 Å². The number of allylic oxidation sites excluding steroid dienone is 1. The number of ether oxygens (including phenoxy) is 1. The number of benzene rings is 1. The normalized spacial score (nSPS) is 9.50. The minimum atomic E-state index is 0.128. The molecule has 2 nitrogen and oxygen atoms in total. The Labute approximate surface area is 84.2 Å². The first kappa shape index (κ1) is 10.5. The van der Waals surface area contributed by atoms with Crippen molar-refractivity contribution in [1.82, 2.24) is 0 Å². The van der Waals surface area contributed by atoms with E-state index in [1.165, 1.54) is 7.11 Å². The average molecular weight is 190 g/mol. The van der Waals surface area contributed by atoms with Gasteiger partial charge < -0.3 is 4.74 Å². The Morgan fingerprint density at radius 3 is 2.57 bits per heavy atom. The largest absolute Gasteiger partial charge is 0.501 e. The first-order valence-electron chi connectivity index (χ1n) is 4.49. The third-order valence-corrected chi connectivity index (χ3v) is 1.93. The van der Waals surface area contributed by atoms with Crippen LogP contribution in [0.25, 0.3) is 0 Å². The van der Waals surface area contributed by atoms with Gasteiger partial charge in [-0.1, -0.05) is 36.9 Å². The van der Waals surface area contributed by atoms with Crippen molar-refractivity contribution < 1.29 is 9.53 Å². The lowest BCUT2D eigenvalue weighted by molar-refractivity contribution is -0.118. The van der Waals surface area contributed by atoms with Crippen LogP contribution in [-0.2, 0) is 16.0 Å². The van der Waals surface area contributed by atoms with E-state index in [1.54, 1.807) is 0 Å². The summed E-state index contributed by atoms with van der Waals surface area (Å²) < 4.78 is 4.84. The molecule has 0 fully saturated rings. The van der Waals surface area contributed by atoms with E-state index in [-0.39, 0.29) is 5.78 Å². The van der Waals surface area contributed by atoms with E-state index in [1.807, 2.05) is 30.3 Å². The molecular weight excluding hydrogens is 176 g/mol. The third kappa shape index (κ3) is 3.44. The average Bonchev–Trinajstić information content (AvgIpc) is 2.19. The van der Waals surface area contributed by atoms with Crippen LogP contribution in [0, 0.1) is 0 Å². The van der Waals surface area contributed by atoms with Crippen LogP contribution in [0.2, 0.25) is 0 Å². The fourth-order valence-electron chi connectivity index (χ4n) is 1.18. The monoisotopic (exact) mass is 190 g/mol. The van der Waals surface area contributed by atoms with Crippen molar-refractivity contribution >= 4 is 5.78 Å². The summed E-state index contributed by atoms with van der Waals surface area (Å²) in [6, 6.07) is 9.66. The Morgan fingerprint density at radius 2 is 2.00 bits per heavy atom. The van der Waals surface area contributed by atoms with Gasteiger partial charge in [-0.15, -0.1) is 0 Å². The molecule has 0 N–H and O–H groups in total. The second-order valence-electron chi connectivity index (χ2n) is 3.12. The zero-order chi connectivity index (χ0) is 10.4. The molecule has 0 unspecified atom stereocenters. The maximum absolute atomic E-state index is 11.4. The van der Waals surface area contributed by atoms with Crippen LogP contribution in [-0.4, -0.2) is 12.9 Å². The van der Waals surface area contributed by atoms with Crippen molar-refractivity contribution in [3.8, 4) is 0 Å². The molecule has 14 heavy (non-hydrogen) atoms. The SMILES string of the molecule is C=C(CC(=O)Cc1ccccc1)OC. The molecule has 2 heteroatoms. The molecule has 0 aliphatic carbocycles. The van der Waals surface area contributed by atoms with E-state index in [4.69, 9.17) is 4.74 Å². The molecule has 0 heterocycles. The van der Waals surface area contributed by atoms with Crippen LogP contribution in [0.15, 0.2) is 42.7 Å². The Morgan fingerprint density at radius 1 is 1.36 bits per heavy atom. The summed E-state index contributed by atoms with van der Waals surface area (Å²) in [6.07, 6.45) is 0.745. The Balaban J connectivity index is 2.46. The summed E-state index contributed by atoms with van der Waals surface area (Å²) in [5.74, 6) is 0.647. The van der Waals surface area contributed by atoms with Crippen molar-refractivity contribution in [3.05, 3.63) is 48.2 Å². The van der Waals surface area contributed by atoms with E-state index in [0.29, 0.717) is 18.6 Å². The number of carbonyl (C=O) groups is 1. The van der Waals surface area contributed by atoms with Crippen LogP contribution < -0.4 is 0 Å². The van der Waals surface area contributed by atoms with Gasteiger partial charge in [-0.3, -0.25) is 4.79 Å². The van der Waals surface area contributed by atoms with Gasteiger partial charge in [-0.25, -0.2) is 0 Å². The number of rotatable bonds is 5. The van der Waals surface area contributed by atoms with Gasteiger partial charge in [0, 0.05) is 6.42 Å². The van der Waals surface area contributed by atoms with Gasteiger partial charge in [0.1, 0.15) is 5.78 Å². The maximum Gasteiger partial charge on any atom is 0.144 e. The Hall–Kier alpha value is -1.57. The number of hydrogen-bond acceptors (Lipinski definition) is 2. The number of carbonyl (C=O) groups excluding carboxylic acids is 1. The predicted molar refractivity (Wildman–Crippen MR) is 55.9 cm³/mol. The molecular formula is C12H14O2. The van der Waals surface area contributed by atoms with E-state index >= 15 is 0 Å². The van der Waals surface area contributed by atoms with E-state index < -0.39 is 0 Å². The number of Topliss-reactive ketones (excluding diaryl/α,β-unsaturated/α-hetero) is 1. The van der Waals surface area contributed by atoms with Crippen LogP contribution in [0.5, 0.6) is 0 Å². The molecule has 1 aromatic rings. The van der Waals surface area contributed by atoms with E-state index in [0.717, 1.165) is 5.56 Å². The van der Waals surface area contributed by atoms with Gasteiger partial charge >= 0.3 is 0 Å². The molecule has 1 rings (SSSR count). The van der Waals surface area contributed by atoms with Crippen LogP contribution in [0.3, 0.4) is 0 Å². The molecule has 1 aromatic carbocycles. The zero-order valence-corrected chi connectivity index (χ0v) is 8.32. The topological polar surface area (TPSA) is 26.3 Å². The zero-order valence-electron chi connectivity index (χ0n) is 8.32. The first-order chi connectivity index (χ1) is 6.72. The molecule has 0 radical (unpaired) electrons. The van der Waals surface area contributed by atoms with Gasteiger partial charge in [0.05, 0.1) is 19.3 Å². The predicted octanol–water partition coefficient (Wildman–Crippen LogP) is 2.35. The highest BCUT2D eigenvalue weighted by molar-refractivity contribution is 5.82. The molecule has 0 aromatic heterocycles. The standard InChI is InChI=1S/C12H14O2/c1-10(14-2)8-12(13)9-11-6-4-3-5-7-11/h3-7H,1,8-9H2,2H3. The minimum absolute atomic E-state index is 0.128. The smallest absolute Gasteiger partial charge is 0.144 e. The van der Waals surface area contributed by atoms with Gasteiger partial charge in [-0.2, -0.15) is 0 Å². The molecule has 0 saturated heterocycles. The van der Waals surface area contributed by atoms with E-state index in [2.05, 4.69) is 6.58 Å². The lowest BCUT2D eigenvalue weighted by atomic mass is 10.1. The first-order valence-corrected chi connectivity index (χ1v) is 4.49. The third-order valence-electron chi connectivity index (χ3n) is 1.93. The summed E-state index contributed by atoms with van der Waals surface area (Å²) in [5, 5.41) is 0. The Kier molecular flexibility index (Phi) is 3.92. The van der Waals surface area contributed by atoms with Crippen LogP contribution >= 0.6 is 0 Å². The maximum atomic E-state index is 11.4. The van der Waals surface area contributed by atoms with Crippen LogP contribution in [0.4, 0.5) is 0 Å². The highest BCUT2D eigenvalue weighted by atomic mass is 16.5. The molecule has 0 bridgehead atoms. The van der Waals surface area contributed by atoms with Crippen molar-refractivity contribution in [2.24, 2.45) is 0 Å². The summed E-state index contributed by atoms with van der Waals surface area (Å²) in [7, 11) is 1.53. The quantitative estimate of drug-likeness (QED) is 0.666. The number of methoxy groups -OCH3 is 1. The summed E-state index contributed by atoms with van der Waals surface area (Å²) in [5.41, 5.74) is 1.03. The lowest BCUT2D eigenvalue weighted by Gasteiger charge is -2.03. The second kappa shape index (κ2) is 5.22. The summed E-state index contributed by atoms with van der Waals surface area (Å²) in [4.78, 5) is 11.4. The molecule has 0 saturated carbocycles. The lowest BCUT2D eigenvalue weighted by Crippen LogP contribution is -2.04. The number of hydrogen-bond donors (Lipinski definition) is 0. The van der Waals surface area contributed by atoms with Gasteiger partial charge in [-0.05, 0) is 5.56 Å². The van der Waals surface area contributed by atoms with Crippen LogP contribution in [0.1, 0.15) is 12.0 Å². The highest BCUT2D eigenvalue weighted by Crippen LogP contribution is 2.05. The van der Waals surface area contributed by atoms with Gasteiger partial charge in [0.2, 0.25) is 0 Å². The fraction of sp³-hybridized carbons (Fsp3) is 0.250. The molecule has 0 aliphatic rings. The van der Waals surface area contributed by atoms with Crippen molar-refractivity contribution in [2.75, 3.05) is 7.11 Å².